The zero-order valence-corrected chi connectivity index (χ0v) is 13.6. The summed E-state index contributed by atoms with van der Waals surface area (Å²) >= 11 is 12.2. The van der Waals surface area contributed by atoms with Crippen LogP contribution in [0.1, 0.15) is 22.0 Å². The monoisotopic (exact) mass is 345 g/mol. The van der Waals surface area contributed by atoms with Gasteiger partial charge in [-0.1, -0.05) is 59.6 Å². The van der Waals surface area contributed by atoms with Crippen molar-refractivity contribution in [2.24, 2.45) is 0 Å². The molecule has 0 amide bonds. The van der Waals surface area contributed by atoms with E-state index in [1.54, 1.807) is 28.9 Å². The zero-order chi connectivity index (χ0) is 16.2. The third kappa shape index (κ3) is 3.60. The number of rotatable bonds is 5. The quantitative estimate of drug-likeness (QED) is 0.649. The van der Waals surface area contributed by atoms with Crippen molar-refractivity contribution in [2.75, 3.05) is 0 Å². The van der Waals surface area contributed by atoms with Crippen LogP contribution in [0, 0.1) is 0 Å². The molecule has 0 aliphatic rings. The Bertz CT molecular complexity index is 804. The van der Waals surface area contributed by atoms with Gasteiger partial charge in [0.1, 0.15) is 18.7 Å². The standard InChI is InChI=1S/C17H13Cl2N3O/c18-14-7-6-13(15(19)9-14)8-16(22-11-20-10-21-22)17(23)12-4-2-1-3-5-12/h1-7,9-11,16H,8H2. The number of Topliss-reactive ketones (excluding diaryl/α,β-unsaturated/α-hetero) is 1. The van der Waals surface area contributed by atoms with Gasteiger partial charge < -0.3 is 0 Å². The van der Waals surface area contributed by atoms with Gasteiger partial charge in [0, 0.05) is 22.0 Å². The molecule has 23 heavy (non-hydrogen) atoms. The van der Waals surface area contributed by atoms with Gasteiger partial charge in [-0.2, -0.15) is 5.10 Å². The van der Waals surface area contributed by atoms with Crippen LogP contribution < -0.4 is 0 Å². The molecule has 6 heteroatoms. The van der Waals surface area contributed by atoms with Crippen LogP contribution in [0.25, 0.3) is 0 Å². The number of halogens is 2. The molecule has 0 saturated carbocycles. The van der Waals surface area contributed by atoms with Crippen LogP contribution in [0.2, 0.25) is 10.0 Å². The highest BCUT2D eigenvalue weighted by molar-refractivity contribution is 6.35. The summed E-state index contributed by atoms with van der Waals surface area (Å²) in [5.74, 6) is -0.0397. The summed E-state index contributed by atoms with van der Waals surface area (Å²) in [6, 6.07) is 13.9. The van der Waals surface area contributed by atoms with Crippen LogP contribution >= 0.6 is 23.2 Å². The van der Waals surface area contributed by atoms with Crippen molar-refractivity contribution in [3.8, 4) is 0 Å². The number of hydrogen-bond donors (Lipinski definition) is 0. The minimum atomic E-state index is -0.515. The Kier molecular flexibility index (Phi) is 4.74. The largest absolute Gasteiger partial charge is 0.292 e. The molecule has 0 spiro atoms. The van der Waals surface area contributed by atoms with E-state index in [-0.39, 0.29) is 5.78 Å². The van der Waals surface area contributed by atoms with Crippen LogP contribution in [0.5, 0.6) is 0 Å². The summed E-state index contributed by atoms with van der Waals surface area (Å²) < 4.78 is 1.56. The molecular formula is C17H13Cl2N3O. The van der Waals surface area contributed by atoms with Gasteiger partial charge in [0.05, 0.1) is 0 Å². The van der Waals surface area contributed by atoms with Crippen molar-refractivity contribution >= 4 is 29.0 Å². The molecular weight excluding hydrogens is 333 g/mol. The summed E-state index contributed by atoms with van der Waals surface area (Å²) in [5.41, 5.74) is 1.46. The number of aromatic nitrogens is 3. The third-order valence-electron chi connectivity index (χ3n) is 3.55. The lowest BCUT2D eigenvalue weighted by atomic mass is 9.98. The molecule has 4 nitrogen and oxygen atoms in total. The molecule has 0 radical (unpaired) electrons. The fraction of sp³-hybridized carbons (Fsp3) is 0.118. The Morgan fingerprint density at radius 2 is 1.91 bits per heavy atom. The van der Waals surface area contributed by atoms with E-state index in [2.05, 4.69) is 10.1 Å². The maximum absolute atomic E-state index is 12.9. The van der Waals surface area contributed by atoms with Crippen molar-refractivity contribution in [1.82, 2.24) is 14.8 Å². The highest BCUT2D eigenvalue weighted by atomic mass is 35.5. The maximum Gasteiger partial charge on any atom is 0.187 e. The smallest absolute Gasteiger partial charge is 0.187 e. The first-order chi connectivity index (χ1) is 11.1. The van der Waals surface area contributed by atoms with Crippen molar-refractivity contribution in [3.05, 3.63) is 82.4 Å². The molecule has 0 aliphatic carbocycles. The first-order valence-electron chi connectivity index (χ1n) is 7.02. The third-order valence-corrected chi connectivity index (χ3v) is 4.13. The fourth-order valence-electron chi connectivity index (χ4n) is 2.38. The predicted molar refractivity (Wildman–Crippen MR) is 90.0 cm³/mol. The second-order valence-electron chi connectivity index (χ2n) is 5.06. The fourth-order valence-corrected chi connectivity index (χ4v) is 2.86. The second kappa shape index (κ2) is 6.94. The summed E-state index contributed by atoms with van der Waals surface area (Å²) in [6.45, 7) is 0. The first kappa shape index (κ1) is 15.7. The topological polar surface area (TPSA) is 47.8 Å². The zero-order valence-electron chi connectivity index (χ0n) is 12.1. The minimum Gasteiger partial charge on any atom is -0.292 e. The molecule has 1 heterocycles. The molecule has 1 unspecified atom stereocenters. The lowest BCUT2D eigenvalue weighted by Crippen LogP contribution is -2.22. The maximum atomic E-state index is 12.9. The van der Waals surface area contributed by atoms with Crippen LogP contribution in [-0.4, -0.2) is 20.5 Å². The average molecular weight is 346 g/mol. The van der Waals surface area contributed by atoms with Crippen molar-refractivity contribution in [2.45, 2.75) is 12.5 Å². The summed E-state index contributed by atoms with van der Waals surface area (Å²) in [6.07, 6.45) is 3.36. The molecule has 0 saturated heterocycles. The van der Waals surface area contributed by atoms with Crippen molar-refractivity contribution in [1.29, 1.82) is 0 Å². The highest BCUT2D eigenvalue weighted by Gasteiger charge is 2.24. The van der Waals surface area contributed by atoms with Gasteiger partial charge in [-0.3, -0.25) is 4.79 Å². The molecule has 116 valence electrons. The van der Waals surface area contributed by atoms with Crippen LogP contribution in [0.3, 0.4) is 0 Å². The molecule has 1 aromatic heterocycles. The number of nitrogens with zero attached hydrogens (tertiary/aromatic N) is 3. The Balaban J connectivity index is 1.95. The van der Waals surface area contributed by atoms with E-state index in [0.29, 0.717) is 22.0 Å². The molecule has 2 aromatic carbocycles. The number of hydrogen-bond acceptors (Lipinski definition) is 3. The average Bonchev–Trinajstić information content (AvgIpc) is 3.08. The van der Waals surface area contributed by atoms with Crippen molar-refractivity contribution < 1.29 is 4.79 Å². The molecule has 0 N–H and O–H groups in total. The summed E-state index contributed by atoms with van der Waals surface area (Å²) in [5, 5.41) is 5.21. The van der Waals surface area contributed by atoms with Gasteiger partial charge in [0.2, 0.25) is 0 Å². The van der Waals surface area contributed by atoms with Gasteiger partial charge in [-0.15, -0.1) is 0 Å². The number of carbonyl (C=O) groups excluding carboxylic acids is 1. The van der Waals surface area contributed by atoms with Gasteiger partial charge in [-0.25, -0.2) is 9.67 Å². The SMILES string of the molecule is O=C(c1ccccc1)C(Cc1ccc(Cl)cc1Cl)n1cncn1. The first-order valence-corrected chi connectivity index (χ1v) is 7.78. The second-order valence-corrected chi connectivity index (χ2v) is 5.91. The number of carbonyl (C=O) groups is 1. The van der Waals surface area contributed by atoms with E-state index >= 15 is 0 Å². The van der Waals surface area contributed by atoms with E-state index in [0.717, 1.165) is 5.56 Å². The predicted octanol–water partition coefficient (Wildman–Crippen LogP) is 4.25. The van der Waals surface area contributed by atoms with E-state index < -0.39 is 6.04 Å². The van der Waals surface area contributed by atoms with Crippen LogP contribution in [-0.2, 0) is 6.42 Å². The molecule has 0 aliphatic heterocycles. The van der Waals surface area contributed by atoms with Crippen LogP contribution in [0.4, 0.5) is 0 Å². The normalized spacial score (nSPS) is 12.1. The van der Waals surface area contributed by atoms with Crippen LogP contribution in [0.15, 0.2) is 61.2 Å². The summed E-state index contributed by atoms with van der Waals surface area (Å²) in [4.78, 5) is 16.8. The van der Waals surface area contributed by atoms with Crippen molar-refractivity contribution in [3.63, 3.8) is 0 Å². The minimum absolute atomic E-state index is 0.0397. The van der Waals surface area contributed by atoms with E-state index in [1.807, 2.05) is 24.3 Å². The Labute approximate surface area is 143 Å². The Hall–Kier alpha value is -2.17. The van der Waals surface area contributed by atoms with E-state index in [1.165, 1.54) is 12.7 Å². The van der Waals surface area contributed by atoms with Gasteiger partial charge in [-0.05, 0) is 17.7 Å². The molecule has 0 fully saturated rings. The number of ketones is 1. The molecule has 1 atom stereocenters. The number of benzene rings is 2. The van der Waals surface area contributed by atoms with Gasteiger partial charge in [0.25, 0.3) is 0 Å². The Morgan fingerprint density at radius 3 is 2.57 bits per heavy atom. The molecule has 3 rings (SSSR count). The lowest BCUT2D eigenvalue weighted by Gasteiger charge is -2.17. The van der Waals surface area contributed by atoms with Gasteiger partial charge >= 0.3 is 0 Å². The lowest BCUT2D eigenvalue weighted by molar-refractivity contribution is 0.0916. The Morgan fingerprint density at radius 1 is 1.13 bits per heavy atom. The molecule has 3 aromatic rings. The van der Waals surface area contributed by atoms with Gasteiger partial charge in [0.15, 0.2) is 5.78 Å². The highest BCUT2D eigenvalue weighted by Crippen LogP contribution is 2.26. The molecule has 0 bridgehead atoms. The van der Waals surface area contributed by atoms with E-state index in [4.69, 9.17) is 23.2 Å². The van der Waals surface area contributed by atoms with E-state index in [9.17, 15) is 4.79 Å². The summed E-state index contributed by atoms with van der Waals surface area (Å²) in [7, 11) is 0.